The number of nitrogens with zero attached hydrogens (tertiary/aromatic N) is 2. The summed E-state index contributed by atoms with van der Waals surface area (Å²) in [5.41, 5.74) is 0.947. The number of hydrogen-bond donors (Lipinski definition) is 0. The lowest BCUT2D eigenvalue weighted by atomic mass is 10.2. The number of azo groups is 1. The van der Waals surface area contributed by atoms with Crippen LogP contribution in [-0.4, -0.2) is 18.8 Å². The van der Waals surface area contributed by atoms with Gasteiger partial charge in [0, 0.05) is 0 Å². The van der Waals surface area contributed by atoms with Crippen molar-refractivity contribution in [2.45, 2.75) is 33.1 Å². The van der Waals surface area contributed by atoms with Crippen LogP contribution in [-0.2, 0) is 4.74 Å². The lowest BCUT2D eigenvalue weighted by molar-refractivity contribution is 0.152. The Balaban J connectivity index is 2.34. The molecule has 0 saturated heterocycles. The van der Waals surface area contributed by atoms with Gasteiger partial charge in [0.05, 0.1) is 6.61 Å². The van der Waals surface area contributed by atoms with Crippen LogP contribution >= 0.6 is 0 Å². The summed E-state index contributed by atoms with van der Waals surface area (Å²) >= 11 is 0. The fraction of sp³-hybridized carbons (Fsp3) is 0.429. The minimum atomic E-state index is -0.957. The molecule has 6 nitrogen and oxygen atoms in total. The Hall–Kier alpha value is -2.24. The predicted octanol–water partition coefficient (Wildman–Crippen LogP) is 4.27. The molecule has 0 atom stereocenters. The van der Waals surface area contributed by atoms with E-state index in [0.717, 1.165) is 24.8 Å². The number of benzene rings is 1. The Morgan fingerprint density at radius 3 is 2.60 bits per heavy atom. The monoisotopic (exact) mass is 278 g/mol. The van der Waals surface area contributed by atoms with E-state index in [4.69, 9.17) is 9.47 Å². The molecule has 0 aromatic heterocycles. The molecule has 0 fully saturated rings. The second kappa shape index (κ2) is 8.79. The summed E-state index contributed by atoms with van der Waals surface area (Å²) in [4.78, 5) is 22.4. The van der Waals surface area contributed by atoms with Crippen LogP contribution in [0.5, 0.6) is 5.75 Å². The van der Waals surface area contributed by atoms with E-state index in [1.807, 2.05) is 19.9 Å². The SMILES string of the molecule is CCCCCOC(=O)N=NC(=O)Oc1cccc(C)c1. The summed E-state index contributed by atoms with van der Waals surface area (Å²) in [6.07, 6.45) is 0.927. The van der Waals surface area contributed by atoms with Crippen LogP contribution in [0.25, 0.3) is 0 Å². The average molecular weight is 278 g/mol. The molecule has 6 heteroatoms. The number of hydrogen-bond acceptors (Lipinski definition) is 4. The van der Waals surface area contributed by atoms with Crippen LogP contribution < -0.4 is 4.74 Å². The number of ether oxygens (including phenoxy) is 2. The van der Waals surface area contributed by atoms with Crippen LogP contribution in [0.1, 0.15) is 31.7 Å². The maximum absolute atomic E-state index is 11.3. The number of carbonyl (C=O) groups is 2. The molecule has 1 aromatic rings. The van der Waals surface area contributed by atoms with Gasteiger partial charge in [-0.25, -0.2) is 9.59 Å². The van der Waals surface area contributed by atoms with Crippen molar-refractivity contribution >= 4 is 12.2 Å². The second-order valence-electron chi connectivity index (χ2n) is 4.21. The van der Waals surface area contributed by atoms with E-state index in [1.165, 1.54) is 0 Å². The molecule has 0 bridgehead atoms. The summed E-state index contributed by atoms with van der Waals surface area (Å²) < 4.78 is 9.64. The van der Waals surface area contributed by atoms with Gasteiger partial charge in [-0.05, 0) is 31.0 Å². The van der Waals surface area contributed by atoms with Gasteiger partial charge in [-0.3, -0.25) is 0 Å². The molecule has 1 aromatic carbocycles. The third-order valence-electron chi connectivity index (χ3n) is 2.38. The van der Waals surface area contributed by atoms with Crippen molar-refractivity contribution < 1.29 is 19.1 Å². The van der Waals surface area contributed by atoms with E-state index in [1.54, 1.807) is 18.2 Å². The Morgan fingerprint density at radius 2 is 1.90 bits per heavy atom. The number of unbranched alkanes of at least 4 members (excludes halogenated alkanes) is 2. The maximum Gasteiger partial charge on any atom is 0.458 e. The van der Waals surface area contributed by atoms with Gasteiger partial charge in [-0.1, -0.05) is 42.1 Å². The van der Waals surface area contributed by atoms with E-state index in [2.05, 4.69) is 10.2 Å². The second-order valence-corrected chi connectivity index (χ2v) is 4.21. The maximum atomic E-state index is 11.3. The van der Waals surface area contributed by atoms with Gasteiger partial charge in [0.15, 0.2) is 0 Å². The van der Waals surface area contributed by atoms with Crippen LogP contribution in [0.3, 0.4) is 0 Å². The molecule has 0 aliphatic carbocycles. The Labute approximate surface area is 117 Å². The molecule has 0 aliphatic heterocycles. The topological polar surface area (TPSA) is 77.3 Å². The highest BCUT2D eigenvalue weighted by Crippen LogP contribution is 2.13. The van der Waals surface area contributed by atoms with E-state index in [-0.39, 0.29) is 6.61 Å². The van der Waals surface area contributed by atoms with Crippen LogP contribution in [0.2, 0.25) is 0 Å². The molecule has 0 spiro atoms. The highest BCUT2D eigenvalue weighted by Gasteiger charge is 2.05. The molecule has 0 aliphatic rings. The molecule has 0 N–H and O–H groups in total. The van der Waals surface area contributed by atoms with Crippen molar-refractivity contribution in [2.24, 2.45) is 10.2 Å². The highest BCUT2D eigenvalue weighted by atomic mass is 16.6. The molecule has 0 unspecified atom stereocenters. The predicted molar refractivity (Wildman–Crippen MR) is 72.9 cm³/mol. The standard InChI is InChI=1S/C14H18N2O4/c1-3-4-5-9-19-13(17)15-16-14(18)20-12-8-6-7-11(2)10-12/h6-8,10H,3-5,9H2,1-2H3. The van der Waals surface area contributed by atoms with Gasteiger partial charge < -0.3 is 9.47 Å². The van der Waals surface area contributed by atoms with Gasteiger partial charge >= 0.3 is 12.2 Å². The van der Waals surface area contributed by atoms with E-state index in [0.29, 0.717) is 5.75 Å². The molecule has 0 saturated carbocycles. The van der Waals surface area contributed by atoms with Crippen LogP contribution in [0, 0.1) is 6.92 Å². The third kappa shape index (κ3) is 6.63. The summed E-state index contributed by atoms with van der Waals surface area (Å²) in [7, 11) is 0. The van der Waals surface area contributed by atoms with Crippen molar-refractivity contribution in [1.29, 1.82) is 0 Å². The Bertz CT molecular complexity index is 486. The zero-order valence-electron chi connectivity index (χ0n) is 11.7. The quantitative estimate of drug-likeness (QED) is 0.595. The number of rotatable bonds is 5. The third-order valence-corrected chi connectivity index (χ3v) is 2.38. The molecule has 2 amide bonds. The Morgan fingerprint density at radius 1 is 1.15 bits per heavy atom. The number of carbonyl (C=O) groups excluding carboxylic acids is 2. The molecular formula is C14H18N2O4. The molecule has 108 valence electrons. The average Bonchev–Trinajstić information content (AvgIpc) is 2.41. The van der Waals surface area contributed by atoms with Gasteiger partial charge in [-0.15, -0.1) is 0 Å². The molecule has 0 heterocycles. The first-order valence-electron chi connectivity index (χ1n) is 6.48. The smallest absolute Gasteiger partial charge is 0.447 e. The van der Waals surface area contributed by atoms with Crippen molar-refractivity contribution in [3.63, 3.8) is 0 Å². The zero-order valence-corrected chi connectivity index (χ0v) is 11.7. The first-order valence-corrected chi connectivity index (χ1v) is 6.48. The lowest BCUT2D eigenvalue weighted by Crippen LogP contribution is -2.04. The summed E-state index contributed by atoms with van der Waals surface area (Å²) in [5.74, 6) is 0.352. The lowest BCUT2D eigenvalue weighted by Gasteiger charge is -2.01. The molecule has 1 rings (SSSR count). The highest BCUT2D eigenvalue weighted by molar-refractivity contribution is 5.74. The van der Waals surface area contributed by atoms with Gasteiger partial charge in [0.2, 0.25) is 0 Å². The minimum absolute atomic E-state index is 0.276. The number of amides is 2. The fourth-order valence-electron chi connectivity index (χ4n) is 1.42. The number of aryl methyl sites for hydroxylation is 1. The molecule has 0 radical (unpaired) electrons. The van der Waals surface area contributed by atoms with Crippen LogP contribution in [0.4, 0.5) is 9.59 Å². The minimum Gasteiger partial charge on any atom is -0.447 e. The van der Waals surface area contributed by atoms with Gasteiger partial charge in [-0.2, -0.15) is 0 Å². The zero-order chi connectivity index (χ0) is 14.8. The summed E-state index contributed by atoms with van der Waals surface area (Å²) in [6.45, 7) is 4.19. The van der Waals surface area contributed by atoms with Gasteiger partial charge in [0.25, 0.3) is 0 Å². The first kappa shape index (κ1) is 15.8. The molecular weight excluding hydrogens is 260 g/mol. The molecule has 20 heavy (non-hydrogen) atoms. The van der Waals surface area contributed by atoms with Crippen molar-refractivity contribution in [3.05, 3.63) is 29.8 Å². The van der Waals surface area contributed by atoms with E-state index >= 15 is 0 Å². The fourth-order valence-corrected chi connectivity index (χ4v) is 1.42. The van der Waals surface area contributed by atoms with E-state index < -0.39 is 12.2 Å². The normalized spacial score (nSPS) is 10.5. The van der Waals surface area contributed by atoms with Crippen LogP contribution in [0.15, 0.2) is 34.5 Å². The van der Waals surface area contributed by atoms with Crippen molar-refractivity contribution in [2.75, 3.05) is 6.61 Å². The summed E-state index contributed by atoms with van der Waals surface area (Å²) in [5, 5.41) is 6.27. The first-order chi connectivity index (χ1) is 9.61. The van der Waals surface area contributed by atoms with Crippen molar-refractivity contribution in [3.8, 4) is 5.75 Å². The van der Waals surface area contributed by atoms with Crippen molar-refractivity contribution in [1.82, 2.24) is 0 Å². The Kier molecular flexibility index (Phi) is 6.95. The van der Waals surface area contributed by atoms with Gasteiger partial charge in [0.1, 0.15) is 5.75 Å². The largest absolute Gasteiger partial charge is 0.458 e. The van der Waals surface area contributed by atoms with E-state index in [9.17, 15) is 9.59 Å². The summed E-state index contributed by atoms with van der Waals surface area (Å²) in [6, 6.07) is 6.91.